The second-order valence-electron chi connectivity index (χ2n) is 8.43. The number of nitrogens with zero attached hydrogens (tertiary/aromatic N) is 2. The predicted octanol–water partition coefficient (Wildman–Crippen LogP) is 4.50. The summed E-state index contributed by atoms with van der Waals surface area (Å²) in [5, 5.41) is 15.0. The molecule has 1 aromatic heterocycles. The Hall–Kier alpha value is -3.40. The fourth-order valence-electron chi connectivity index (χ4n) is 2.84. The number of amides is 2. The van der Waals surface area contributed by atoms with Gasteiger partial charge in [-0.25, -0.2) is 4.79 Å². The van der Waals surface area contributed by atoms with Crippen LogP contribution in [0.3, 0.4) is 0 Å². The highest BCUT2D eigenvalue weighted by atomic mass is 16.6. The molecule has 0 aliphatic rings. The zero-order chi connectivity index (χ0) is 22.3. The standard InChI is InChI=1S/C23H28N4O3/c1-15(2)12-20(27-22(29)30-23(3,4)5)21(28)26-19-7-6-17(13-18(19)14-24)16-8-10-25-11-9-16/h6-11,13,15,20H,12H2,1-5H3,(H,26,28)(H,27,29)/t20-/m1/s1. The Balaban J connectivity index is 2.19. The molecule has 0 bridgehead atoms. The Morgan fingerprint density at radius 3 is 2.37 bits per heavy atom. The molecule has 0 radical (unpaired) electrons. The van der Waals surface area contributed by atoms with Crippen molar-refractivity contribution in [1.82, 2.24) is 10.3 Å². The largest absolute Gasteiger partial charge is 0.444 e. The average molecular weight is 409 g/mol. The Morgan fingerprint density at radius 2 is 1.80 bits per heavy atom. The first kappa shape index (κ1) is 22.9. The van der Waals surface area contributed by atoms with Crippen LogP contribution >= 0.6 is 0 Å². The number of carbonyl (C=O) groups excluding carboxylic acids is 2. The lowest BCUT2D eigenvalue weighted by Gasteiger charge is -2.24. The number of hydrogen-bond donors (Lipinski definition) is 2. The molecule has 0 aliphatic carbocycles. The zero-order valence-electron chi connectivity index (χ0n) is 18.0. The van der Waals surface area contributed by atoms with Crippen LogP contribution in [-0.4, -0.2) is 28.6 Å². The van der Waals surface area contributed by atoms with Gasteiger partial charge in [0.2, 0.25) is 5.91 Å². The minimum atomic E-state index is -0.786. The van der Waals surface area contributed by atoms with E-state index in [1.54, 1.807) is 45.3 Å². The molecule has 0 saturated heterocycles. The number of aromatic nitrogens is 1. The summed E-state index contributed by atoms with van der Waals surface area (Å²) in [6.45, 7) is 9.19. The second-order valence-corrected chi connectivity index (χ2v) is 8.43. The molecule has 0 unspecified atom stereocenters. The monoisotopic (exact) mass is 408 g/mol. The van der Waals surface area contributed by atoms with Gasteiger partial charge in [0.25, 0.3) is 0 Å². The van der Waals surface area contributed by atoms with E-state index in [0.717, 1.165) is 11.1 Å². The molecule has 2 amide bonds. The molecular weight excluding hydrogens is 380 g/mol. The summed E-state index contributed by atoms with van der Waals surface area (Å²) in [6, 6.07) is 10.2. The lowest BCUT2D eigenvalue weighted by Crippen LogP contribution is -2.46. The number of pyridine rings is 1. The molecular formula is C23H28N4O3. The summed E-state index contributed by atoms with van der Waals surface area (Å²) in [4.78, 5) is 29.0. The van der Waals surface area contributed by atoms with E-state index in [1.165, 1.54) is 0 Å². The predicted molar refractivity (Wildman–Crippen MR) is 116 cm³/mol. The van der Waals surface area contributed by atoms with Gasteiger partial charge < -0.3 is 15.4 Å². The van der Waals surface area contributed by atoms with E-state index in [-0.39, 0.29) is 5.92 Å². The molecule has 1 atom stereocenters. The lowest BCUT2D eigenvalue weighted by atomic mass is 10.0. The van der Waals surface area contributed by atoms with Gasteiger partial charge >= 0.3 is 6.09 Å². The Bertz CT molecular complexity index is 928. The molecule has 1 aromatic carbocycles. The van der Waals surface area contributed by atoms with Crippen LogP contribution in [-0.2, 0) is 9.53 Å². The first-order valence-corrected chi connectivity index (χ1v) is 9.84. The van der Waals surface area contributed by atoms with Crippen molar-refractivity contribution in [3.63, 3.8) is 0 Å². The van der Waals surface area contributed by atoms with E-state index in [1.807, 2.05) is 32.0 Å². The van der Waals surface area contributed by atoms with Crippen LogP contribution in [0.1, 0.15) is 46.6 Å². The minimum Gasteiger partial charge on any atom is -0.444 e. The van der Waals surface area contributed by atoms with Gasteiger partial charge in [0.15, 0.2) is 0 Å². The summed E-state index contributed by atoms with van der Waals surface area (Å²) < 4.78 is 5.27. The maximum absolute atomic E-state index is 12.9. The summed E-state index contributed by atoms with van der Waals surface area (Å²) in [6.07, 6.45) is 3.13. The van der Waals surface area contributed by atoms with Gasteiger partial charge in [-0.05, 0) is 68.5 Å². The molecule has 0 saturated carbocycles. The smallest absolute Gasteiger partial charge is 0.408 e. The molecule has 30 heavy (non-hydrogen) atoms. The van der Waals surface area contributed by atoms with Crippen molar-refractivity contribution in [3.8, 4) is 17.2 Å². The van der Waals surface area contributed by atoms with Crippen molar-refractivity contribution in [3.05, 3.63) is 48.3 Å². The van der Waals surface area contributed by atoms with Crippen molar-refractivity contribution in [2.75, 3.05) is 5.32 Å². The third kappa shape index (κ3) is 6.89. The van der Waals surface area contributed by atoms with Crippen LogP contribution in [0.4, 0.5) is 10.5 Å². The molecule has 7 nitrogen and oxygen atoms in total. The Morgan fingerprint density at radius 1 is 1.13 bits per heavy atom. The molecule has 2 rings (SSSR count). The highest BCUT2D eigenvalue weighted by molar-refractivity contribution is 5.97. The van der Waals surface area contributed by atoms with E-state index in [4.69, 9.17) is 4.74 Å². The van der Waals surface area contributed by atoms with Gasteiger partial charge in [0.1, 0.15) is 17.7 Å². The fourth-order valence-corrected chi connectivity index (χ4v) is 2.84. The van der Waals surface area contributed by atoms with Gasteiger partial charge in [-0.1, -0.05) is 19.9 Å². The molecule has 0 aliphatic heterocycles. The van der Waals surface area contributed by atoms with E-state index < -0.39 is 23.6 Å². The molecule has 0 spiro atoms. The Kier molecular flexibility index (Phi) is 7.54. The topological polar surface area (TPSA) is 104 Å². The molecule has 0 fully saturated rings. The number of anilines is 1. The Labute approximate surface area is 177 Å². The van der Waals surface area contributed by atoms with Crippen LogP contribution in [0.2, 0.25) is 0 Å². The summed E-state index contributed by atoms with van der Waals surface area (Å²) in [5.74, 6) is -0.233. The number of rotatable bonds is 6. The lowest BCUT2D eigenvalue weighted by molar-refractivity contribution is -0.118. The van der Waals surface area contributed by atoms with Gasteiger partial charge in [-0.15, -0.1) is 0 Å². The molecule has 2 N–H and O–H groups in total. The van der Waals surface area contributed by atoms with Crippen LogP contribution in [0.5, 0.6) is 0 Å². The van der Waals surface area contributed by atoms with E-state index in [9.17, 15) is 14.9 Å². The quantitative estimate of drug-likeness (QED) is 0.732. The SMILES string of the molecule is CC(C)C[C@@H](NC(=O)OC(C)(C)C)C(=O)Nc1ccc(-c2ccncc2)cc1C#N. The number of benzene rings is 1. The van der Waals surface area contributed by atoms with Crippen LogP contribution < -0.4 is 10.6 Å². The van der Waals surface area contributed by atoms with Crippen molar-refractivity contribution < 1.29 is 14.3 Å². The van der Waals surface area contributed by atoms with Crippen LogP contribution in [0.15, 0.2) is 42.7 Å². The summed E-state index contributed by atoms with van der Waals surface area (Å²) in [7, 11) is 0. The number of nitrogens with one attached hydrogen (secondary N) is 2. The normalized spacial score (nSPS) is 12.0. The first-order chi connectivity index (χ1) is 14.1. The minimum absolute atomic E-state index is 0.167. The number of alkyl carbamates (subject to hydrolysis) is 1. The third-order valence-corrected chi connectivity index (χ3v) is 4.13. The highest BCUT2D eigenvalue weighted by Gasteiger charge is 2.25. The number of nitriles is 1. The molecule has 158 valence electrons. The highest BCUT2D eigenvalue weighted by Crippen LogP contribution is 2.25. The van der Waals surface area contributed by atoms with Crippen LogP contribution in [0.25, 0.3) is 11.1 Å². The van der Waals surface area contributed by atoms with E-state index in [2.05, 4.69) is 21.7 Å². The third-order valence-electron chi connectivity index (χ3n) is 4.13. The van der Waals surface area contributed by atoms with Gasteiger partial charge in [0, 0.05) is 12.4 Å². The maximum atomic E-state index is 12.9. The summed E-state index contributed by atoms with van der Waals surface area (Å²) in [5.41, 5.74) is 1.82. The van der Waals surface area contributed by atoms with Crippen LogP contribution in [0, 0.1) is 17.2 Å². The number of carbonyl (C=O) groups is 2. The van der Waals surface area contributed by atoms with Crippen molar-refractivity contribution in [2.45, 2.75) is 52.7 Å². The zero-order valence-corrected chi connectivity index (χ0v) is 18.0. The van der Waals surface area contributed by atoms with E-state index in [0.29, 0.717) is 17.7 Å². The van der Waals surface area contributed by atoms with Crippen molar-refractivity contribution in [1.29, 1.82) is 5.26 Å². The van der Waals surface area contributed by atoms with Gasteiger partial charge in [0.05, 0.1) is 11.3 Å². The number of hydrogen-bond acceptors (Lipinski definition) is 5. The fraction of sp³-hybridized carbons (Fsp3) is 0.391. The van der Waals surface area contributed by atoms with Gasteiger partial charge in [-0.2, -0.15) is 5.26 Å². The van der Waals surface area contributed by atoms with Crippen molar-refractivity contribution >= 4 is 17.7 Å². The second kappa shape index (κ2) is 9.88. The number of ether oxygens (including phenoxy) is 1. The van der Waals surface area contributed by atoms with E-state index >= 15 is 0 Å². The summed E-state index contributed by atoms with van der Waals surface area (Å²) >= 11 is 0. The molecule has 2 aromatic rings. The van der Waals surface area contributed by atoms with Crippen molar-refractivity contribution in [2.24, 2.45) is 5.92 Å². The molecule has 1 heterocycles. The average Bonchev–Trinajstić information content (AvgIpc) is 2.66. The maximum Gasteiger partial charge on any atom is 0.408 e. The van der Waals surface area contributed by atoms with Gasteiger partial charge in [-0.3, -0.25) is 9.78 Å². The first-order valence-electron chi connectivity index (χ1n) is 9.84. The molecule has 7 heteroatoms.